The van der Waals surface area contributed by atoms with Gasteiger partial charge >= 0.3 is 0 Å². The van der Waals surface area contributed by atoms with Crippen molar-refractivity contribution in [2.75, 3.05) is 11.4 Å². The molecule has 0 radical (unpaired) electrons. The van der Waals surface area contributed by atoms with Crippen molar-refractivity contribution in [2.45, 2.75) is 19.4 Å². The molecule has 3 rings (SSSR count). The summed E-state index contributed by atoms with van der Waals surface area (Å²) < 4.78 is 14.3. The second kappa shape index (κ2) is 4.88. The maximum absolute atomic E-state index is 14.3. The van der Waals surface area contributed by atoms with Gasteiger partial charge in [-0.15, -0.1) is 0 Å². The lowest BCUT2D eigenvalue weighted by Gasteiger charge is -2.37. The largest absolute Gasteiger partial charge is 0.369 e. The standard InChI is InChI=1S/C17H18FN3/c1-12-6-5-7-13(10-12)21-16(19)20-11-17(21,2)14-8-3-4-9-15(14)18/h3-10H,11H2,1-2H3,(H2,19,20). The summed E-state index contributed by atoms with van der Waals surface area (Å²) in [5, 5.41) is 0. The van der Waals surface area contributed by atoms with Gasteiger partial charge in [-0.1, -0.05) is 30.3 Å². The SMILES string of the molecule is Cc1cccc(N2C(N)=NCC2(C)c2ccccc2F)c1. The molecule has 2 aromatic carbocycles. The lowest BCUT2D eigenvalue weighted by Crippen LogP contribution is -2.48. The summed E-state index contributed by atoms with van der Waals surface area (Å²) in [6.45, 7) is 4.43. The molecule has 0 amide bonds. The summed E-state index contributed by atoms with van der Waals surface area (Å²) in [6.07, 6.45) is 0. The minimum atomic E-state index is -0.608. The van der Waals surface area contributed by atoms with Gasteiger partial charge in [0.15, 0.2) is 5.96 Å². The van der Waals surface area contributed by atoms with Crippen LogP contribution in [0, 0.1) is 12.7 Å². The highest BCUT2D eigenvalue weighted by atomic mass is 19.1. The summed E-state index contributed by atoms with van der Waals surface area (Å²) in [5.74, 6) is 0.189. The Bertz CT molecular complexity index is 711. The van der Waals surface area contributed by atoms with E-state index >= 15 is 0 Å². The van der Waals surface area contributed by atoms with Gasteiger partial charge < -0.3 is 10.6 Å². The molecule has 108 valence electrons. The molecular weight excluding hydrogens is 265 g/mol. The highest BCUT2D eigenvalue weighted by Crippen LogP contribution is 2.37. The van der Waals surface area contributed by atoms with Crippen molar-refractivity contribution in [3.63, 3.8) is 0 Å². The van der Waals surface area contributed by atoms with Gasteiger partial charge in [0.25, 0.3) is 0 Å². The van der Waals surface area contributed by atoms with Crippen LogP contribution in [0.15, 0.2) is 53.5 Å². The lowest BCUT2D eigenvalue weighted by atomic mass is 9.90. The first-order valence-corrected chi connectivity index (χ1v) is 6.94. The molecule has 21 heavy (non-hydrogen) atoms. The number of nitrogens with zero attached hydrogens (tertiary/aromatic N) is 2. The third kappa shape index (κ3) is 2.17. The Morgan fingerprint density at radius 1 is 1.19 bits per heavy atom. The fourth-order valence-corrected chi connectivity index (χ4v) is 2.92. The molecule has 0 aliphatic carbocycles. The molecule has 2 aromatic rings. The van der Waals surface area contributed by atoms with Crippen molar-refractivity contribution >= 4 is 11.6 Å². The predicted molar refractivity (Wildman–Crippen MR) is 83.9 cm³/mol. The average molecular weight is 283 g/mol. The van der Waals surface area contributed by atoms with Gasteiger partial charge in [0.05, 0.1) is 12.1 Å². The maximum atomic E-state index is 14.3. The highest BCUT2D eigenvalue weighted by Gasteiger charge is 2.42. The van der Waals surface area contributed by atoms with Crippen molar-refractivity contribution in [1.82, 2.24) is 0 Å². The third-order valence-corrected chi connectivity index (χ3v) is 3.99. The molecule has 0 saturated heterocycles. The first-order chi connectivity index (χ1) is 10.0. The van der Waals surface area contributed by atoms with Crippen LogP contribution in [0.4, 0.5) is 10.1 Å². The number of hydrogen-bond acceptors (Lipinski definition) is 3. The van der Waals surface area contributed by atoms with Crippen molar-refractivity contribution in [3.05, 3.63) is 65.5 Å². The smallest absolute Gasteiger partial charge is 0.196 e. The number of nitrogens with two attached hydrogens (primary N) is 1. The molecule has 0 saturated carbocycles. The Morgan fingerprint density at radius 3 is 2.67 bits per heavy atom. The molecular formula is C17H18FN3. The van der Waals surface area contributed by atoms with Crippen molar-refractivity contribution < 1.29 is 4.39 Å². The fraction of sp³-hybridized carbons (Fsp3) is 0.235. The van der Waals surface area contributed by atoms with E-state index in [1.165, 1.54) is 6.07 Å². The van der Waals surface area contributed by atoms with Crippen LogP contribution in [0.2, 0.25) is 0 Å². The van der Waals surface area contributed by atoms with E-state index in [1.54, 1.807) is 12.1 Å². The molecule has 1 unspecified atom stereocenters. The number of aryl methyl sites for hydroxylation is 1. The summed E-state index contributed by atoms with van der Waals surface area (Å²) in [6, 6.07) is 14.8. The summed E-state index contributed by atoms with van der Waals surface area (Å²) in [7, 11) is 0. The number of hydrogen-bond donors (Lipinski definition) is 1. The molecule has 1 aliphatic rings. The van der Waals surface area contributed by atoms with Crippen LogP contribution < -0.4 is 10.6 Å². The van der Waals surface area contributed by atoms with Crippen LogP contribution in [-0.4, -0.2) is 12.5 Å². The number of benzene rings is 2. The average Bonchev–Trinajstić information content (AvgIpc) is 2.76. The summed E-state index contributed by atoms with van der Waals surface area (Å²) in [4.78, 5) is 6.26. The van der Waals surface area contributed by atoms with Crippen molar-refractivity contribution in [2.24, 2.45) is 10.7 Å². The number of guanidine groups is 1. The Morgan fingerprint density at radius 2 is 1.95 bits per heavy atom. The topological polar surface area (TPSA) is 41.6 Å². The van der Waals surface area contributed by atoms with E-state index in [9.17, 15) is 4.39 Å². The Balaban J connectivity index is 2.13. The summed E-state index contributed by atoms with van der Waals surface area (Å²) in [5.41, 5.74) is 8.13. The van der Waals surface area contributed by atoms with Crippen LogP contribution in [0.25, 0.3) is 0 Å². The molecule has 0 aromatic heterocycles. The second-order valence-electron chi connectivity index (χ2n) is 5.60. The number of halogens is 1. The fourth-order valence-electron chi connectivity index (χ4n) is 2.92. The van der Waals surface area contributed by atoms with Gasteiger partial charge in [0, 0.05) is 11.3 Å². The van der Waals surface area contributed by atoms with Crippen LogP contribution in [-0.2, 0) is 5.54 Å². The molecule has 0 fully saturated rings. The molecule has 1 aliphatic heterocycles. The molecule has 2 N–H and O–H groups in total. The minimum absolute atomic E-state index is 0.234. The van der Waals surface area contributed by atoms with Crippen molar-refractivity contribution in [3.8, 4) is 0 Å². The Kier molecular flexibility index (Phi) is 3.16. The van der Waals surface area contributed by atoms with Gasteiger partial charge in [0.2, 0.25) is 0 Å². The van der Waals surface area contributed by atoms with E-state index in [2.05, 4.69) is 4.99 Å². The number of anilines is 1. The highest BCUT2D eigenvalue weighted by molar-refractivity contribution is 5.98. The zero-order chi connectivity index (χ0) is 15.0. The number of rotatable bonds is 2. The van der Waals surface area contributed by atoms with Crippen LogP contribution >= 0.6 is 0 Å². The van der Waals surface area contributed by atoms with E-state index in [0.29, 0.717) is 18.1 Å². The number of aliphatic imine (C=N–C) groups is 1. The van der Waals surface area contributed by atoms with Crippen LogP contribution in [0.3, 0.4) is 0 Å². The van der Waals surface area contributed by atoms with E-state index in [4.69, 9.17) is 5.73 Å². The van der Waals surface area contributed by atoms with Crippen molar-refractivity contribution in [1.29, 1.82) is 0 Å². The van der Waals surface area contributed by atoms with E-state index in [-0.39, 0.29) is 5.82 Å². The zero-order valence-electron chi connectivity index (χ0n) is 12.2. The maximum Gasteiger partial charge on any atom is 0.196 e. The monoisotopic (exact) mass is 283 g/mol. The molecule has 4 heteroatoms. The first-order valence-electron chi connectivity index (χ1n) is 6.94. The second-order valence-corrected chi connectivity index (χ2v) is 5.60. The van der Waals surface area contributed by atoms with Gasteiger partial charge in [-0.3, -0.25) is 4.99 Å². The Hall–Kier alpha value is -2.36. The molecule has 1 atom stereocenters. The van der Waals surface area contributed by atoms with E-state index < -0.39 is 5.54 Å². The minimum Gasteiger partial charge on any atom is -0.369 e. The van der Waals surface area contributed by atoms with E-state index in [1.807, 2.05) is 49.1 Å². The van der Waals surface area contributed by atoms with Gasteiger partial charge in [0.1, 0.15) is 5.82 Å². The quantitative estimate of drug-likeness (QED) is 0.919. The Labute approximate surface area is 123 Å². The van der Waals surface area contributed by atoms with E-state index in [0.717, 1.165) is 11.3 Å². The zero-order valence-corrected chi connectivity index (χ0v) is 12.2. The molecule has 0 spiro atoms. The molecule has 1 heterocycles. The van der Waals surface area contributed by atoms with Crippen LogP contribution in [0.5, 0.6) is 0 Å². The third-order valence-electron chi connectivity index (χ3n) is 3.99. The van der Waals surface area contributed by atoms with Gasteiger partial charge in [-0.05, 0) is 37.6 Å². The normalized spacial score (nSPS) is 21.5. The predicted octanol–water partition coefficient (Wildman–Crippen LogP) is 3.18. The van der Waals surface area contributed by atoms with Crippen LogP contribution in [0.1, 0.15) is 18.1 Å². The van der Waals surface area contributed by atoms with Gasteiger partial charge in [-0.25, -0.2) is 4.39 Å². The summed E-state index contributed by atoms with van der Waals surface area (Å²) >= 11 is 0. The lowest BCUT2D eigenvalue weighted by molar-refractivity contribution is 0.488. The molecule has 0 bridgehead atoms. The first kappa shape index (κ1) is 13.6. The van der Waals surface area contributed by atoms with Gasteiger partial charge in [-0.2, -0.15) is 0 Å². The molecule has 3 nitrogen and oxygen atoms in total.